The van der Waals surface area contributed by atoms with Crippen LogP contribution in [-0.2, 0) is 13.0 Å². The Morgan fingerprint density at radius 3 is 2.45 bits per heavy atom. The molecular formula is C22H27F3N4O2. The van der Waals surface area contributed by atoms with Crippen molar-refractivity contribution in [1.29, 1.82) is 0 Å². The summed E-state index contributed by atoms with van der Waals surface area (Å²) in [5.41, 5.74) is 2.42. The molecule has 0 atom stereocenters. The molecule has 0 aromatic heterocycles. The van der Waals surface area contributed by atoms with E-state index in [0.717, 1.165) is 11.1 Å². The monoisotopic (exact) mass is 436 g/mol. The van der Waals surface area contributed by atoms with Gasteiger partial charge in [-0.05, 0) is 41.8 Å². The smallest absolute Gasteiger partial charge is 0.422 e. The van der Waals surface area contributed by atoms with Crippen molar-refractivity contribution in [2.45, 2.75) is 19.1 Å². The quantitative estimate of drug-likeness (QED) is 0.493. The van der Waals surface area contributed by atoms with Crippen LogP contribution in [0.4, 0.5) is 13.2 Å². The number of guanidine groups is 1. The minimum atomic E-state index is -4.38. The minimum absolute atomic E-state index is 0.0475. The molecule has 6 nitrogen and oxygen atoms in total. The molecule has 2 aromatic carbocycles. The van der Waals surface area contributed by atoms with Gasteiger partial charge in [-0.3, -0.25) is 9.79 Å². The molecular weight excluding hydrogens is 409 g/mol. The highest BCUT2D eigenvalue weighted by Crippen LogP contribution is 2.19. The van der Waals surface area contributed by atoms with Gasteiger partial charge in [0.2, 0.25) is 0 Å². The Balaban J connectivity index is 1.83. The van der Waals surface area contributed by atoms with E-state index in [-0.39, 0.29) is 11.7 Å². The van der Waals surface area contributed by atoms with Crippen LogP contribution in [0.5, 0.6) is 5.75 Å². The van der Waals surface area contributed by atoms with Gasteiger partial charge in [0.15, 0.2) is 12.6 Å². The van der Waals surface area contributed by atoms with E-state index >= 15 is 0 Å². The van der Waals surface area contributed by atoms with Gasteiger partial charge in [-0.15, -0.1) is 0 Å². The average molecular weight is 436 g/mol. The van der Waals surface area contributed by atoms with Gasteiger partial charge >= 0.3 is 6.18 Å². The summed E-state index contributed by atoms with van der Waals surface area (Å²) in [6, 6.07) is 13.9. The molecule has 2 rings (SSSR count). The predicted octanol–water partition coefficient (Wildman–Crippen LogP) is 3.24. The Morgan fingerprint density at radius 1 is 1.06 bits per heavy atom. The lowest BCUT2D eigenvalue weighted by molar-refractivity contribution is -0.153. The van der Waals surface area contributed by atoms with E-state index in [1.165, 1.54) is 11.0 Å². The summed E-state index contributed by atoms with van der Waals surface area (Å²) in [4.78, 5) is 17.8. The molecule has 0 saturated carbocycles. The van der Waals surface area contributed by atoms with E-state index in [0.29, 0.717) is 31.0 Å². The maximum Gasteiger partial charge on any atom is 0.422 e. The number of benzene rings is 2. The number of amides is 1. The van der Waals surface area contributed by atoms with Crippen LogP contribution in [0.2, 0.25) is 0 Å². The first-order valence-electron chi connectivity index (χ1n) is 9.71. The fraction of sp³-hybridized carbons (Fsp3) is 0.364. The number of alkyl halides is 3. The van der Waals surface area contributed by atoms with Crippen LogP contribution >= 0.6 is 0 Å². The second kappa shape index (κ2) is 11.2. The summed E-state index contributed by atoms with van der Waals surface area (Å²) < 4.78 is 41.7. The Labute approximate surface area is 180 Å². The number of halogens is 3. The standard InChI is InChI=1S/C22H27F3N4O2/c1-26-21(27-11-10-16-6-4-8-18(12-16)20(30)29(2)3)28-14-17-7-5-9-19(13-17)31-15-22(23,24)25/h4-9,12-13H,10-11,14-15H2,1-3H3,(H2,26,27,28). The van der Waals surface area contributed by atoms with Crippen LogP contribution < -0.4 is 15.4 Å². The molecule has 0 saturated heterocycles. The molecule has 0 aliphatic heterocycles. The van der Waals surface area contributed by atoms with Gasteiger partial charge < -0.3 is 20.3 Å². The molecule has 0 radical (unpaired) electrons. The summed E-state index contributed by atoms with van der Waals surface area (Å²) >= 11 is 0. The Kier molecular flexibility index (Phi) is 8.72. The van der Waals surface area contributed by atoms with Crippen LogP contribution in [0, 0.1) is 0 Å². The summed E-state index contributed by atoms with van der Waals surface area (Å²) in [5, 5.41) is 6.30. The molecule has 0 spiro atoms. The Hall–Kier alpha value is -3.23. The van der Waals surface area contributed by atoms with Gasteiger partial charge in [-0.2, -0.15) is 13.2 Å². The second-order valence-corrected chi connectivity index (χ2v) is 7.05. The number of hydrogen-bond donors (Lipinski definition) is 2. The molecule has 0 unspecified atom stereocenters. The van der Waals surface area contributed by atoms with E-state index in [1.54, 1.807) is 45.4 Å². The van der Waals surface area contributed by atoms with Crippen molar-refractivity contribution in [3.8, 4) is 5.75 Å². The minimum Gasteiger partial charge on any atom is -0.484 e. The summed E-state index contributed by atoms with van der Waals surface area (Å²) in [6.45, 7) is -0.363. The van der Waals surface area contributed by atoms with Gasteiger partial charge in [0.25, 0.3) is 5.91 Å². The number of carbonyl (C=O) groups is 1. The molecule has 0 fully saturated rings. The van der Waals surface area contributed by atoms with Crippen molar-refractivity contribution in [3.63, 3.8) is 0 Å². The Bertz CT molecular complexity index is 898. The fourth-order valence-corrected chi connectivity index (χ4v) is 2.76. The van der Waals surface area contributed by atoms with Crippen molar-refractivity contribution in [2.75, 3.05) is 34.3 Å². The topological polar surface area (TPSA) is 66.0 Å². The molecule has 9 heteroatoms. The molecule has 0 aliphatic carbocycles. The van der Waals surface area contributed by atoms with Gasteiger partial charge in [-0.25, -0.2) is 0 Å². The second-order valence-electron chi connectivity index (χ2n) is 7.05. The maximum absolute atomic E-state index is 12.3. The third kappa shape index (κ3) is 8.57. The molecule has 1 amide bonds. The van der Waals surface area contributed by atoms with Crippen LogP contribution in [0.3, 0.4) is 0 Å². The van der Waals surface area contributed by atoms with Crippen LogP contribution in [0.15, 0.2) is 53.5 Å². The molecule has 2 N–H and O–H groups in total. The lowest BCUT2D eigenvalue weighted by Gasteiger charge is -2.14. The van der Waals surface area contributed by atoms with Crippen molar-refractivity contribution in [1.82, 2.24) is 15.5 Å². The van der Waals surface area contributed by atoms with E-state index < -0.39 is 12.8 Å². The van der Waals surface area contributed by atoms with Crippen molar-refractivity contribution < 1.29 is 22.7 Å². The first-order valence-corrected chi connectivity index (χ1v) is 9.71. The number of rotatable bonds is 8. The number of carbonyl (C=O) groups excluding carboxylic acids is 1. The molecule has 0 heterocycles. The number of aliphatic imine (C=N–C) groups is 1. The first kappa shape index (κ1) is 24.0. The van der Waals surface area contributed by atoms with Crippen LogP contribution in [-0.4, -0.2) is 57.2 Å². The van der Waals surface area contributed by atoms with E-state index in [1.807, 2.05) is 18.2 Å². The summed E-state index contributed by atoms with van der Waals surface area (Å²) in [7, 11) is 5.06. The lowest BCUT2D eigenvalue weighted by Crippen LogP contribution is -2.37. The average Bonchev–Trinajstić information content (AvgIpc) is 2.74. The van der Waals surface area contributed by atoms with Crippen molar-refractivity contribution >= 4 is 11.9 Å². The largest absolute Gasteiger partial charge is 0.484 e. The van der Waals surface area contributed by atoms with Gasteiger partial charge in [0.1, 0.15) is 5.75 Å². The number of hydrogen-bond acceptors (Lipinski definition) is 3. The fourth-order valence-electron chi connectivity index (χ4n) is 2.76. The number of nitrogens with zero attached hydrogens (tertiary/aromatic N) is 2. The zero-order valence-corrected chi connectivity index (χ0v) is 17.8. The highest BCUT2D eigenvalue weighted by Gasteiger charge is 2.28. The molecule has 31 heavy (non-hydrogen) atoms. The van der Waals surface area contributed by atoms with Crippen LogP contribution in [0.1, 0.15) is 21.5 Å². The third-order valence-electron chi connectivity index (χ3n) is 4.27. The number of ether oxygens (including phenoxy) is 1. The molecule has 2 aromatic rings. The maximum atomic E-state index is 12.3. The third-order valence-corrected chi connectivity index (χ3v) is 4.27. The highest BCUT2D eigenvalue weighted by molar-refractivity contribution is 5.94. The Morgan fingerprint density at radius 2 is 1.77 bits per heavy atom. The van der Waals surface area contributed by atoms with Gasteiger partial charge in [-0.1, -0.05) is 24.3 Å². The predicted molar refractivity (Wildman–Crippen MR) is 114 cm³/mol. The van der Waals surface area contributed by atoms with Gasteiger partial charge in [0, 0.05) is 39.8 Å². The van der Waals surface area contributed by atoms with E-state index in [4.69, 9.17) is 4.74 Å². The molecule has 168 valence electrons. The van der Waals surface area contributed by atoms with Crippen molar-refractivity contribution in [2.24, 2.45) is 4.99 Å². The lowest BCUT2D eigenvalue weighted by atomic mass is 10.1. The first-order chi connectivity index (χ1) is 14.7. The summed E-state index contributed by atoms with van der Waals surface area (Å²) in [6.07, 6.45) is -3.69. The summed E-state index contributed by atoms with van der Waals surface area (Å²) in [5.74, 6) is 0.669. The number of nitrogens with one attached hydrogen (secondary N) is 2. The van der Waals surface area contributed by atoms with Crippen molar-refractivity contribution in [3.05, 3.63) is 65.2 Å². The SMILES string of the molecule is CN=C(NCCc1cccc(C(=O)N(C)C)c1)NCc1cccc(OCC(F)(F)F)c1. The zero-order chi connectivity index (χ0) is 22.9. The normalized spacial score (nSPS) is 11.7. The highest BCUT2D eigenvalue weighted by atomic mass is 19.4. The molecule has 0 aliphatic rings. The van der Waals surface area contributed by atoms with E-state index in [9.17, 15) is 18.0 Å². The van der Waals surface area contributed by atoms with E-state index in [2.05, 4.69) is 15.6 Å². The zero-order valence-electron chi connectivity index (χ0n) is 17.8. The van der Waals surface area contributed by atoms with Gasteiger partial charge in [0.05, 0.1) is 0 Å². The molecule has 0 bridgehead atoms. The van der Waals surface area contributed by atoms with Crippen LogP contribution in [0.25, 0.3) is 0 Å².